The van der Waals surface area contributed by atoms with Crippen molar-refractivity contribution in [1.29, 1.82) is 0 Å². The van der Waals surface area contributed by atoms with Crippen LogP contribution in [-0.2, 0) is 4.79 Å². The van der Waals surface area contributed by atoms with Crippen molar-refractivity contribution in [2.24, 2.45) is 5.92 Å². The van der Waals surface area contributed by atoms with Gasteiger partial charge in [0.25, 0.3) is 0 Å². The highest BCUT2D eigenvalue weighted by atomic mass is 19.1. The van der Waals surface area contributed by atoms with Crippen LogP contribution in [-0.4, -0.2) is 24.0 Å². The molecule has 0 saturated carbocycles. The molecule has 1 N–H and O–H groups in total. The number of amides is 1. The highest BCUT2D eigenvalue weighted by Gasteiger charge is 2.38. The van der Waals surface area contributed by atoms with Gasteiger partial charge in [-0.05, 0) is 42.0 Å². The van der Waals surface area contributed by atoms with E-state index in [0.29, 0.717) is 13.1 Å². The monoisotopic (exact) mass is 411 g/mol. The molecule has 0 spiro atoms. The zero-order valence-electron chi connectivity index (χ0n) is 16.9. The number of fused-ring (bicyclic) bond motifs is 1. The molecule has 1 aliphatic rings. The summed E-state index contributed by atoms with van der Waals surface area (Å²) in [4.78, 5) is 19.8. The van der Waals surface area contributed by atoms with E-state index in [1.165, 1.54) is 12.1 Å². The molecule has 0 bridgehead atoms. The fourth-order valence-electron chi connectivity index (χ4n) is 4.43. The quantitative estimate of drug-likeness (QED) is 0.500. The first-order chi connectivity index (χ1) is 15.2. The molecule has 1 aromatic heterocycles. The molecule has 5 rings (SSSR count). The number of carbonyl (C=O) groups excluding carboxylic acids is 1. The number of carbonyl (C=O) groups is 1. The van der Waals surface area contributed by atoms with Gasteiger partial charge in [0.05, 0.1) is 5.92 Å². The zero-order chi connectivity index (χ0) is 21.2. The number of nitrogens with one attached hydrogen (secondary N) is 1. The third-order valence-electron chi connectivity index (χ3n) is 6.01. The van der Waals surface area contributed by atoms with E-state index in [1.54, 1.807) is 24.5 Å². The van der Waals surface area contributed by atoms with Crippen molar-refractivity contribution in [2.45, 2.75) is 5.92 Å². The summed E-state index contributed by atoms with van der Waals surface area (Å²) in [7, 11) is 0. The van der Waals surface area contributed by atoms with Gasteiger partial charge in [-0.25, -0.2) is 4.39 Å². The maximum atomic E-state index is 13.5. The SMILES string of the molecule is O=C(Nc1cccc2cnccc12)[C@H]1CN(c2ccc(F)cc2)C[C@@H]1c1ccccc1. The van der Waals surface area contributed by atoms with Gasteiger partial charge in [0.15, 0.2) is 0 Å². The molecular formula is C26H22FN3O. The minimum atomic E-state index is -0.262. The van der Waals surface area contributed by atoms with Crippen molar-refractivity contribution in [2.75, 3.05) is 23.3 Å². The minimum Gasteiger partial charge on any atom is -0.370 e. The lowest BCUT2D eigenvalue weighted by molar-refractivity contribution is -0.119. The average molecular weight is 411 g/mol. The predicted octanol–water partition coefficient (Wildman–Crippen LogP) is 5.23. The van der Waals surface area contributed by atoms with Crippen LogP contribution in [0, 0.1) is 11.7 Å². The van der Waals surface area contributed by atoms with Crippen LogP contribution in [0.15, 0.2) is 91.3 Å². The number of nitrogens with zero attached hydrogens (tertiary/aromatic N) is 2. The lowest BCUT2D eigenvalue weighted by atomic mass is 9.88. The lowest BCUT2D eigenvalue weighted by Crippen LogP contribution is -2.29. The van der Waals surface area contributed by atoms with Crippen LogP contribution in [0.25, 0.3) is 10.8 Å². The molecule has 4 nitrogen and oxygen atoms in total. The predicted molar refractivity (Wildman–Crippen MR) is 122 cm³/mol. The zero-order valence-corrected chi connectivity index (χ0v) is 16.9. The van der Waals surface area contributed by atoms with E-state index >= 15 is 0 Å². The maximum Gasteiger partial charge on any atom is 0.229 e. The molecule has 31 heavy (non-hydrogen) atoms. The molecule has 0 radical (unpaired) electrons. The number of pyridine rings is 1. The van der Waals surface area contributed by atoms with Gasteiger partial charge in [0, 0.05) is 53.5 Å². The van der Waals surface area contributed by atoms with E-state index in [2.05, 4.69) is 27.3 Å². The Balaban J connectivity index is 1.45. The summed E-state index contributed by atoms with van der Waals surface area (Å²) in [6.07, 6.45) is 3.53. The van der Waals surface area contributed by atoms with Crippen LogP contribution in [0.1, 0.15) is 11.5 Å². The molecule has 2 atom stereocenters. The second-order valence-corrected chi connectivity index (χ2v) is 7.90. The van der Waals surface area contributed by atoms with E-state index in [1.807, 2.05) is 42.5 Å². The summed E-state index contributed by atoms with van der Waals surface area (Å²) in [6.45, 7) is 1.27. The molecule has 1 saturated heterocycles. The van der Waals surface area contributed by atoms with Gasteiger partial charge in [-0.3, -0.25) is 9.78 Å². The van der Waals surface area contributed by atoms with Gasteiger partial charge in [-0.1, -0.05) is 42.5 Å². The first-order valence-corrected chi connectivity index (χ1v) is 10.4. The molecule has 0 unspecified atom stereocenters. The molecule has 3 aromatic carbocycles. The Hall–Kier alpha value is -3.73. The fourth-order valence-corrected chi connectivity index (χ4v) is 4.43. The maximum absolute atomic E-state index is 13.5. The van der Waals surface area contributed by atoms with E-state index in [-0.39, 0.29) is 23.6 Å². The third kappa shape index (κ3) is 3.87. The van der Waals surface area contributed by atoms with Gasteiger partial charge < -0.3 is 10.2 Å². The molecule has 1 fully saturated rings. The molecule has 2 heterocycles. The Morgan fingerprint density at radius 3 is 2.55 bits per heavy atom. The van der Waals surface area contributed by atoms with Crippen LogP contribution < -0.4 is 10.2 Å². The van der Waals surface area contributed by atoms with E-state index in [9.17, 15) is 9.18 Å². The molecule has 5 heteroatoms. The lowest BCUT2D eigenvalue weighted by Gasteiger charge is -2.18. The van der Waals surface area contributed by atoms with E-state index in [4.69, 9.17) is 0 Å². The smallest absolute Gasteiger partial charge is 0.229 e. The summed E-state index contributed by atoms with van der Waals surface area (Å²) in [5, 5.41) is 5.11. The number of hydrogen-bond donors (Lipinski definition) is 1. The number of benzene rings is 3. The average Bonchev–Trinajstić information content (AvgIpc) is 3.26. The normalized spacial score (nSPS) is 18.3. The van der Waals surface area contributed by atoms with Gasteiger partial charge in [0.1, 0.15) is 5.82 Å². The summed E-state index contributed by atoms with van der Waals surface area (Å²) in [6, 6.07) is 24.3. The standard InChI is InChI=1S/C26H22FN3O/c27-20-9-11-21(12-10-20)30-16-23(18-5-2-1-3-6-18)24(17-30)26(31)29-25-8-4-7-19-15-28-14-13-22(19)25/h1-15,23-24H,16-17H2,(H,29,31)/t23-,24+/m1/s1. The molecular weight excluding hydrogens is 389 g/mol. The molecule has 1 aliphatic heterocycles. The largest absolute Gasteiger partial charge is 0.370 e. The molecule has 1 amide bonds. The summed E-state index contributed by atoms with van der Waals surface area (Å²) >= 11 is 0. The Kier molecular flexibility index (Phi) is 5.08. The van der Waals surface area contributed by atoms with Crippen molar-refractivity contribution < 1.29 is 9.18 Å². The van der Waals surface area contributed by atoms with Crippen molar-refractivity contribution >= 4 is 28.1 Å². The Labute approximate surface area is 180 Å². The molecule has 154 valence electrons. The van der Waals surface area contributed by atoms with Crippen LogP contribution in [0.2, 0.25) is 0 Å². The van der Waals surface area contributed by atoms with Crippen molar-refractivity contribution in [1.82, 2.24) is 4.98 Å². The summed E-state index contributed by atoms with van der Waals surface area (Å²) in [5.41, 5.74) is 2.85. The second kappa shape index (κ2) is 8.19. The van der Waals surface area contributed by atoms with Gasteiger partial charge in [-0.15, -0.1) is 0 Å². The first-order valence-electron chi connectivity index (χ1n) is 10.4. The van der Waals surface area contributed by atoms with Gasteiger partial charge in [-0.2, -0.15) is 0 Å². The number of anilines is 2. The number of aromatic nitrogens is 1. The van der Waals surface area contributed by atoms with E-state index in [0.717, 1.165) is 27.7 Å². The molecule has 0 aliphatic carbocycles. The highest BCUT2D eigenvalue weighted by molar-refractivity contribution is 6.03. The highest BCUT2D eigenvalue weighted by Crippen LogP contribution is 2.36. The van der Waals surface area contributed by atoms with Gasteiger partial charge >= 0.3 is 0 Å². The van der Waals surface area contributed by atoms with Crippen LogP contribution in [0.3, 0.4) is 0 Å². The number of rotatable bonds is 4. The number of hydrogen-bond acceptors (Lipinski definition) is 3. The van der Waals surface area contributed by atoms with Crippen LogP contribution in [0.5, 0.6) is 0 Å². The fraction of sp³-hybridized carbons (Fsp3) is 0.154. The summed E-state index contributed by atoms with van der Waals surface area (Å²) < 4.78 is 13.4. The topological polar surface area (TPSA) is 45.2 Å². The Bertz CT molecular complexity index is 1210. The minimum absolute atomic E-state index is 0.0113. The third-order valence-corrected chi connectivity index (χ3v) is 6.01. The van der Waals surface area contributed by atoms with Crippen molar-refractivity contribution in [3.05, 3.63) is 103 Å². The van der Waals surface area contributed by atoms with E-state index < -0.39 is 0 Å². The van der Waals surface area contributed by atoms with Crippen molar-refractivity contribution in [3.63, 3.8) is 0 Å². The molecule has 4 aromatic rings. The van der Waals surface area contributed by atoms with Crippen molar-refractivity contribution in [3.8, 4) is 0 Å². The Morgan fingerprint density at radius 2 is 1.74 bits per heavy atom. The summed E-state index contributed by atoms with van der Waals surface area (Å²) in [5.74, 6) is -0.461. The second-order valence-electron chi connectivity index (χ2n) is 7.90. The van der Waals surface area contributed by atoms with Gasteiger partial charge in [0.2, 0.25) is 5.91 Å². The Morgan fingerprint density at radius 1 is 0.935 bits per heavy atom. The van der Waals surface area contributed by atoms with Crippen LogP contribution in [0.4, 0.5) is 15.8 Å². The van der Waals surface area contributed by atoms with Crippen LogP contribution >= 0.6 is 0 Å². The first kappa shape index (κ1) is 19.2. The number of halogens is 1.